The Morgan fingerprint density at radius 1 is 0.917 bits per heavy atom. The summed E-state index contributed by atoms with van der Waals surface area (Å²) in [6.45, 7) is 7.52. The molecule has 15 heteroatoms. The van der Waals surface area contributed by atoms with Gasteiger partial charge in [-0.1, -0.05) is 39.3 Å². The van der Waals surface area contributed by atoms with Gasteiger partial charge in [-0.3, -0.25) is 28.9 Å². The molecule has 0 saturated carbocycles. The van der Waals surface area contributed by atoms with Crippen molar-refractivity contribution >= 4 is 47.3 Å². The number of nitrogens with two attached hydrogens (primary N) is 1. The summed E-state index contributed by atoms with van der Waals surface area (Å²) in [7, 11) is 0. The number of hydrogen-bond acceptors (Lipinski definition) is 8. The van der Waals surface area contributed by atoms with Gasteiger partial charge in [-0.25, -0.2) is 9.59 Å². The van der Waals surface area contributed by atoms with Crippen LogP contribution in [0.15, 0.2) is 36.4 Å². The van der Waals surface area contributed by atoms with Crippen LogP contribution in [-0.2, 0) is 35.3 Å². The van der Waals surface area contributed by atoms with E-state index in [0.29, 0.717) is 50.4 Å². The lowest BCUT2D eigenvalue weighted by molar-refractivity contribution is -0.137. The number of carbonyl (C=O) groups is 7. The van der Waals surface area contributed by atoms with Crippen molar-refractivity contribution in [3.63, 3.8) is 0 Å². The molecule has 2 heterocycles. The monoisotopic (exact) mass is 669 g/mol. The zero-order chi connectivity index (χ0) is 35.2. The van der Waals surface area contributed by atoms with Crippen molar-refractivity contribution in [1.29, 1.82) is 0 Å². The molecular formula is C33H47N7O8. The molecule has 1 fully saturated rings. The molecule has 262 valence electrons. The van der Waals surface area contributed by atoms with Gasteiger partial charge in [-0.2, -0.15) is 0 Å². The van der Waals surface area contributed by atoms with Gasteiger partial charge in [0.05, 0.1) is 0 Å². The summed E-state index contributed by atoms with van der Waals surface area (Å²) in [6.07, 6.45) is 4.41. The summed E-state index contributed by atoms with van der Waals surface area (Å²) >= 11 is 0. The molecule has 1 aromatic rings. The molecule has 0 spiro atoms. The average molecular weight is 670 g/mol. The highest BCUT2D eigenvalue weighted by atomic mass is 16.6. The van der Waals surface area contributed by atoms with Crippen LogP contribution in [0.25, 0.3) is 0 Å². The third kappa shape index (κ3) is 12.0. The first-order valence-corrected chi connectivity index (χ1v) is 16.3. The molecular weight excluding hydrogens is 622 g/mol. The SMILES string of the molecule is CC1CN(C(=O)OCc2ccc(NC(=O)[C@H](CCCNC(N)=O)NC(=O)[C@@H](NC(=O)CCCCCN3C(=O)C=CC3=O)C(C)C)cc2)C1. The normalized spacial score (nSPS) is 15.5. The predicted molar refractivity (Wildman–Crippen MR) is 176 cm³/mol. The molecule has 6 N–H and O–H groups in total. The highest BCUT2D eigenvalue weighted by Crippen LogP contribution is 2.17. The predicted octanol–water partition coefficient (Wildman–Crippen LogP) is 1.77. The van der Waals surface area contributed by atoms with Crippen molar-refractivity contribution < 1.29 is 38.3 Å². The van der Waals surface area contributed by atoms with E-state index in [4.69, 9.17) is 10.5 Å². The van der Waals surface area contributed by atoms with E-state index in [0.717, 1.165) is 10.5 Å². The Hall–Kier alpha value is -4.95. The number of nitrogens with one attached hydrogen (secondary N) is 4. The minimum atomic E-state index is -0.990. The smallest absolute Gasteiger partial charge is 0.410 e. The topological polar surface area (TPSA) is 209 Å². The van der Waals surface area contributed by atoms with E-state index < -0.39 is 29.9 Å². The van der Waals surface area contributed by atoms with Gasteiger partial charge in [-0.15, -0.1) is 0 Å². The lowest BCUT2D eigenvalue weighted by Crippen LogP contribution is -2.54. The number of hydrogen-bond donors (Lipinski definition) is 5. The van der Waals surface area contributed by atoms with Gasteiger partial charge < -0.3 is 36.6 Å². The molecule has 0 aliphatic carbocycles. The number of imide groups is 1. The van der Waals surface area contributed by atoms with Crippen molar-refractivity contribution in [3.8, 4) is 0 Å². The van der Waals surface area contributed by atoms with Crippen molar-refractivity contribution in [3.05, 3.63) is 42.0 Å². The van der Waals surface area contributed by atoms with Crippen molar-refractivity contribution in [2.75, 3.05) is 31.5 Å². The van der Waals surface area contributed by atoms with Crippen LogP contribution in [0, 0.1) is 11.8 Å². The van der Waals surface area contributed by atoms with Crippen molar-refractivity contribution in [1.82, 2.24) is 25.8 Å². The van der Waals surface area contributed by atoms with E-state index in [1.54, 1.807) is 43.0 Å². The second-order valence-corrected chi connectivity index (χ2v) is 12.5. The minimum absolute atomic E-state index is 0.0874. The minimum Gasteiger partial charge on any atom is -0.445 e. The van der Waals surface area contributed by atoms with Gasteiger partial charge in [-0.05, 0) is 55.2 Å². The number of likely N-dealkylation sites (tertiary alicyclic amines) is 1. The van der Waals surface area contributed by atoms with Crippen LogP contribution in [0.1, 0.15) is 64.9 Å². The first-order valence-electron chi connectivity index (χ1n) is 16.3. The fourth-order valence-electron chi connectivity index (χ4n) is 5.21. The van der Waals surface area contributed by atoms with Crippen LogP contribution in [0.4, 0.5) is 15.3 Å². The highest BCUT2D eigenvalue weighted by Gasteiger charge is 2.30. The molecule has 0 aromatic heterocycles. The van der Waals surface area contributed by atoms with E-state index in [2.05, 4.69) is 28.2 Å². The number of amides is 8. The maximum absolute atomic E-state index is 13.4. The molecule has 3 rings (SSSR count). The van der Waals surface area contributed by atoms with Crippen LogP contribution in [0.5, 0.6) is 0 Å². The number of urea groups is 1. The molecule has 8 amide bonds. The van der Waals surface area contributed by atoms with Gasteiger partial charge in [0.25, 0.3) is 11.8 Å². The molecule has 1 saturated heterocycles. The molecule has 0 unspecified atom stereocenters. The van der Waals surface area contributed by atoms with E-state index in [1.807, 2.05) is 0 Å². The van der Waals surface area contributed by atoms with E-state index in [-0.39, 0.29) is 62.3 Å². The summed E-state index contributed by atoms with van der Waals surface area (Å²) in [4.78, 5) is 88.7. The van der Waals surface area contributed by atoms with Crippen LogP contribution >= 0.6 is 0 Å². The van der Waals surface area contributed by atoms with Gasteiger partial charge in [0.15, 0.2) is 0 Å². The zero-order valence-electron chi connectivity index (χ0n) is 27.8. The van der Waals surface area contributed by atoms with Gasteiger partial charge in [0.1, 0.15) is 18.7 Å². The van der Waals surface area contributed by atoms with E-state index in [1.165, 1.54) is 12.2 Å². The lowest BCUT2D eigenvalue weighted by Gasteiger charge is -2.35. The van der Waals surface area contributed by atoms with Crippen LogP contribution in [0.2, 0.25) is 0 Å². The van der Waals surface area contributed by atoms with Crippen LogP contribution in [-0.4, -0.2) is 89.7 Å². The fraction of sp³-hybridized carbons (Fsp3) is 0.545. The highest BCUT2D eigenvalue weighted by molar-refractivity contribution is 6.12. The molecule has 0 bridgehead atoms. The van der Waals surface area contributed by atoms with Crippen LogP contribution in [0.3, 0.4) is 0 Å². The van der Waals surface area contributed by atoms with Gasteiger partial charge in [0.2, 0.25) is 17.7 Å². The number of carbonyl (C=O) groups excluding carboxylic acids is 7. The maximum atomic E-state index is 13.4. The summed E-state index contributed by atoms with van der Waals surface area (Å²) in [6, 6.07) is 4.16. The largest absolute Gasteiger partial charge is 0.445 e. The summed E-state index contributed by atoms with van der Waals surface area (Å²) < 4.78 is 5.34. The second-order valence-electron chi connectivity index (χ2n) is 12.5. The van der Waals surface area contributed by atoms with Crippen molar-refractivity contribution in [2.45, 2.75) is 78.0 Å². The summed E-state index contributed by atoms with van der Waals surface area (Å²) in [5.74, 6) is -1.87. The number of rotatable bonds is 18. The summed E-state index contributed by atoms with van der Waals surface area (Å²) in [5.41, 5.74) is 6.34. The van der Waals surface area contributed by atoms with Crippen LogP contribution < -0.4 is 27.0 Å². The lowest BCUT2D eigenvalue weighted by atomic mass is 10.0. The third-order valence-electron chi connectivity index (χ3n) is 7.96. The Labute approximate surface area is 280 Å². The number of primary amides is 1. The number of ether oxygens (including phenoxy) is 1. The summed E-state index contributed by atoms with van der Waals surface area (Å²) in [5, 5.41) is 10.8. The quantitative estimate of drug-likeness (QED) is 0.115. The molecule has 0 radical (unpaired) electrons. The van der Waals surface area contributed by atoms with Gasteiger partial charge >= 0.3 is 12.1 Å². The number of anilines is 1. The first-order chi connectivity index (χ1) is 22.8. The second kappa shape index (κ2) is 18.4. The molecule has 2 atom stereocenters. The number of unbranched alkanes of at least 4 members (excludes halogenated alkanes) is 2. The molecule has 48 heavy (non-hydrogen) atoms. The number of benzene rings is 1. The zero-order valence-corrected chi connectivity index (χ0v) is 27.8. The molecule has 15 nitrogen and oxygen atoms in total. The Morgan fingerprint density at radius 2 is 1.58 bits per heavy atom. The fourth-order valence-corrected chi connectivity index (χ4v) is 5.21. The maximum Gasteiger partial charge on any atom is 0.410 e. The van der Waals surface area contributed by atoms with E-state index >= 15 is 0 Å². The molecule has 2 aliphatic heterocycles. The van der Waals surface area contributed by atoms with E-state index in [9.17, 15) is 33.6 Å². The third-order valence-corrected chi connectivity index (χ3v) is 7.96. The Balaban J connectivity index is 1.51. The Bertz CT molecular complexity index is 1340. The van der Waals surface area contributed by atoms with Gasteiger partial charge in [0, 0.05) is 50.4 Å². The Kier molecular flexibility index (Phi) is 14.4. The Morgan fingerprint density at radius 3 is 2.19 bits per heavy atom. The standard InChI is InChI=1S/C33H47N7O8/c1-21(2)29(38-26(41)9-5-4-6-17-40-27(42)14-15-28(40)43)31(45)37-25(8-7-16-35-32(34)46)30(44)36-24-12-10-23(11-13-24)20-48-33(47)39-18-22(3)19-39/h10-15,21-22,25,29H,4-9,16-20H2,1-3H3,(H,36,44)(H,37,45)(H,38,41)(H3,34,35,46)/t25-,29-/m0/s1. The average Bonchev–Trinajstić information content (AvgIpc) is 3.34. The molecule has 1 aromatic carbocycles. The van der Waals surface area contributed by atoms with Crippen molar-refractivity contribution in [2.24, 2.45) is 17.6 Å². The number of nitrogens with zero attached hydrogens (tertiary/aromatic N) is 2. The molecule has 2 aliphatic rings. The first kappa shape index (κ1) is 37.5.